The summed E-state index contributed by atoms with van der Waals surface area (Å²) in [5.74, 6) is 0.754. The van der Waals surface area contributed by atoms with Gasteiger partial charge >= 0.3 is 0 Å². The zero-order chi connectivity index (χ0) is 12.6. The molecule has 0 unspecified atom stereocenters. The van der Waals surface area contributed by atoms with Gasteiger partial charge in [-0.3, -0.25) is 0 Å². The summed E-state index contributed by atoms with van der Waals surface area (Å²) in [6.07, 6.45) is 0. The summed E-state index contributed by atoms with van der Waals surface area (Å²) in [5.41, 5.74) is 1.80. The third-order valence-corrected chi connectivity index (χ3v) is 2.75. The summed E-state index contributed by atoms with van der Waals surface area (Å²) in [6, 6.07) is 3.97. The standard InChI is InChI=1S/C12H13Cl2N3/c1-6(2)15-11-10-7(3)4-8(13)5-9(10)16-12(14)17-11/h4-6H,1-3H3,(H,15,16,17). The van der Waals surface area contributed by atoms with Gasteiger partial charge in [-0.05, 0) is 50.1 Å². The van der Waals surface area contributed by atoms with Crippen LogP contribution in [0.3, 0.4) is 0 Å². The smallest absolute Gasteiger partial charge is 0.224 e. The summed E-state index contributed by atoms with van der Waals surface area (Å²) in [6.45, 7) is 6.08. The van der Waals surface area contributed by atoms with E-state index in [1.807, 2.05) is 26.8 Å². The topological polar surface area (TPSA) is 37.8 Å². The van der Waals surface area contributed by atoms with Gasteiger partial charge in [-0.2, -0.15) is 0 Å². The van der Waals surface area contributed by atoms with Crippen molar-refractivity contribution in [2.24, 2.45) is 0 Å². The normalized spacial score (nSPS) is 11.2. The van der Waals surface area contributed by atoms with Crippen molar-refractivity contribution in [3.63, 3.8) is 0 Å². The number of halogens is 2. The van der Waals surface area contributed by atoms with Crippen LogP contribution in [0.25, 0.3) is 10.9 Å². The highest BCUT2D eigenvalue weighted by Crippen LogP contribution is 2.28. The lowest BCUT2D eigenvalue weighted by Crippen LogP contribution is -2.12. The second-order valence-corrected chi connectivity index (χ2v) is 5.03. The fourth-order valence-electron chi connectivity index (χ4n) is 1.77. The van der Waals surface area contributed by atoms with Gasteiger partial charge < -0.3 is 5.32 Å². The molecule has 0 fully saturated rings. The number of nitrogens with zero attached hydrogens (tertiary/aromatic N) is 2. The number of aromatic nitrogens is 2. The Balaban J connectivity index is 2.73. The van der Waals surface area contributed by atoms with Gasteiger partial charge in [0.1, 0.15) is 5.82 Å². The van der Waals surface area contributed by atoms with E-state index in [-0.39, 0.29) is 11.3 Å². The second kappa shape index (κ2) is 4.67. The number of nitrogens with one attached hydrogen (secondary N) is 1. The lowest BCUT2D eigenvalue weighted by atomic mass is 10.1. The van der Waals surface area contributed by atoms with E-state index in [4.69, 9.17) is 23.2 Å². The van der Waals surface area contributed by atoms with Crippen molar-refractivity contribution >= 4 is 39.9 Å². The quantitative estimate of drug-likeness (QED) is 0.836. The minimum Gasteiger partial charge on any atom is -0.367 e. The van der Waals surface area contributed by atoms with E-state index in [1.54, 1.807) is 6.07 Å². The number of fused-ring (bicyclic) bond motifs is 1. The van der Waals surface area contributed by atoms with Crippen LogP contribution in [0.4, 0.5) is 5.82 Å². The van der Waals surface area contributed by atoms with Gasteiger partial charge in [0, 0.05) is 16.5 Å². The van der Waals surface area contributed by atoms with Gasteiger partial charge in [0.05, 0.1) is 5.52 Å². The van der Waals surface area contributed by atoms with E-state index >= 15 is 0 Å². The molecule has 5 heteroatoms. The molecule has 0 aliphatic rings. The highest BCUT2D eigenvalue weighted by Gasteiger charge is 2.11. The van der Waals surface area contributed by atoms with Gasteiger partial charge in [0.2, 0.25) is 5.28 Å². The summed E-state index contributed by atoms with van der Waals surface area (Å²) < 4.78 is 0. The Kier molecular flexibility index (Phi) is 3.40. The van der Waals surface area contributed by atoms with E-state index < -0.39 is 0 Å². The van der Waals surface area contributed by atoms with Crippen LogP contribution in [0.5, 0.6) is 0 Å². The molecule has 0 radical (unpaired) electrons. The van der Waals surface area contributed by atoms with Crippen molar-refractivity contribution in [1.82, 2.24) is 9.97 Å². The molecule has 0 aliphatic carbocycles. The molecule has 0 atom stereocenters. The Morgan fingerprint density at radius 2 is 1.88 bits per heavy atom. The molecule has 0 saturated heterocycles. The summed E-state index contributed by atoms with van der Waals surface area (Å²) in [7, 11) is 0. The average molecular weight is 270 g/mol. The number of benzene rings is 1. The number of hydrogen-bond acceptors (Lipinski definition) is 3. The van der Waals surface area contributed by atoms with Crippen molar-refractivity contribution in [1.29, 1.82) is 0 Å². The third kappa shape index (κ3) is 2.61. The summed E-state index contributed by atoms with van der Waals surface area (Å²) in [4.78, 5) is 8.43. The Morgan fingerprint density at radius 1 is 1.18 bits per heavy atom. The summed E-state index contributed by atoms with van der Waals surface area (Å²) in [5, 5.41) is 5.11. The maximum absolute atomic E-state index is 6.01. The molecule has 90 valence electrons. The molecular weight excluding hydrogens is 257 g/mol. The largest absolute Gasteiger partial charge is 0.367 e. The van der Waals surface area contributed by atoms with Crippen molar-refractivity contribution in [2.75, 3.05) is 5.32 Å². The fraction of sp³-hybridized carbons (Fsp3) is 0.333. The number of aryl methyl sites for hydroxylation is 1. The lowest BCUT2D eigenvalue weighted by molar-refractivity contribution is 0.890. The van der Waals surface area contributed by atoms with Crippen LogP contribution in [0, 0.1) is 6.92 Å². The number of hydrogen-bond donors (Lipinski definition) is 1. The van der Waals surface area contributed by atoms with Crippen LogP contribution in [-0.2, 0) is 0 Å². The van der Waals surface area contributed by atoms with Crippen molar-refractivity contribution < 1.29 is 0 Å². The Labute approximate surface area is 110 Å². The Morgan fingerprint density at radius 3 is 2.53 bits per heavy atom. The molecule has 1 aromatic carbocycles. The monoisotopic (exact) mass is 269 g/mol. The molecule has 0 aliphatic heterocycles. The lowest BCUT2D eigenvalue weighted by Gasteiger charge is -2.13. The molecular formula is C12H13Cl2N3. The van der Waals surface area contributed by atoms with E-state index in [0.717, 1.165) is 22.3 Å². The molecule has 1 heterocycles. The first kappa shape index (κ1) is 12.4. The van der Waals surface area contributed by atoms with Crippen LogP contribution >= 0.6 is 23.2 Å². The first-order valence-corrected chi connectivity index (χ1v) is 6.13. The van der Waals surface area contributed by atoms with E-state index in [2.05, 4.69) is 15.3 Å². The molecule has 3 nitrogen and oxygen atoms in total. The Hall–Kier alpha value is -1.06. The van der Waals surface area contributed by atoms with Gasteiger partial charge in [-0.15, -0.1) is 0 Å². The molecule has 1 aromatic heterocycles. The highest BCUT2D eigenvalue weighted by atomic mass is 35.5. The molecule has 0 amide bonds. The fourth-order valence-corrected chi connectivity index (χ4v) is 2.21. The molecule has 17 heavy (non-hydrogen) atoms. The van der Waals surface area contributed by atoms with Crippen LogP contribution in [0.15, 0.2) is 12.1 Å². The molecule has 0 bridgehead atoms. The van der Waals surface area contributed by atoms with Crippen molar-refractivity contribution in [3.8, 4) is 0 Å². The maximum Gasteiger partial charge on any atom is 0.224 e. The third-order valence-electron chi connectivity index (χ3n) is 2.36. The van der Waals surface area contributed by atoms with Gasteiger partial charge in [0.25, 0.3) is 0 Å². The predicted molar refractivity (Wildman–Crippen MR) is 73.1 cm³/mol. The Bertz CT molecular complexity index is 562. The predicted octanol–water partition coefficient (Wildman–Crippen LogP) is 4.07. The number of rotatable bonds is 2. The van der Waals surface area contributed by atoms with E-state index in [9.17, 15) is 0 Å². The molecule has 1 N–H and O–H groups in total. The van der Waals surface area contributed by atoms with Crippen LogP contribution < -0.4 is 5.32 Å². The van der Waals surface area contributed by atoms with E-state index in [0.29, 0.717) is 5.02 Å². The summed E-state index contributed by atoms with van der Waals surface area (Å²) >= 11 is 11.9. The minimum atomic E-state index is 0.224. The van der Waals surface area contributed by atoms with Crippen molar-refractivity contribution in [2.45, 2.75) is 26.8 Å². The average Bonchev–Trinajstić information content (AvgIpc) is 2.13. The minimum absolute atomic E-state index is 0.224. The van der Waals surface area contributed by atoms with Gasteiger partial charge in [-0.25, -0.2) is 9.97 Å². The zero-order valence-corrected chi connectivity index (χ0v) is 11.4. The zero-order valence-electron chi connectivity index (χ0n) is 9.88. The van der Waals surface area contributed by atoms with E-state index in [1.165, 1.54) is 0 Å². The van der Waals surface area contributed by atoms with Crippen LogP contribution in [-0.4, -0.2) is 16.0 Å². The molecule has 2 rings (SSSR count). The first-order chi connectivity index (χ1) is 7.97. The number of anilines is 1. The molecule has 0 saturated carbocycles. The van der Waals surface area contributed by atoms with Crippen LogP contribution in [0.1, 0.15) is 19.4 Å². The van der Waals surface area contributed by atoms with Crippen LogP contribution in [0.2, 0.25) is 10.3 Å². The first-order valence-electron chi connectivity index (χ1n) is 5.37. The van der Waals surface area contributed by atoms with Crippen molar-refractivity contribution in [3.05, 3.63) is 28.0 Å². The molecule has 0 spiro atoms. The second-order valence-electron chi connectivity index (χ2n) is 4.26. The molecule has 2 aromatic rings. The maximum atomic E-state index is 6.01. The highest BCUT2D eigenvalue weighted by molar-refractivity contribution is 6.32. The SMILES string of the molecule is Cc1cc(Cl)cc2nc(Cl)nc(NC(C)C)c12. The van der Waals surface area contributed by atoms with Gasteiger partial charge in [0.15, 0.2) is 0 Å². The van der Waals surface area contributed by atoms with Gasteiger partial charge in [-0.1, -0.05) is 11.6 Å².